The van der Waals surface area contributed by atoms with Gasteiger partial charge in [-0.3, -0.25) is 9.36 Å². The van der Waals surface area contributed by atoms with Crippen LogP contribution in [0.3, 0.4) is 0 Å². The molecule has 4 aromatic rings. The van der Waals surface area contributed by atoms with Crippen molar-refractivity contribution < 1.29 is 0 Å². The van der Waals surface area contributed by atoms with Crippen LogP contribution in [0.25, 0.3) is 16.9 Å². The number of thiazole rings is 1. The van der Waals surface area contributed by atoms with Crippen molar-refractivity contribution in [1.29, 1.82) is 0 Å². The second kappa shape index (κ2) is 5.64. The van der Waals surface area contributed by atoms with Crippen LogP contribution in [0.15, 0.2) is 41.5 Å². The van der Waals surface area contributed by atoms with Crippen LogP contribution in [0.4, 0.5) is 0 Å². The van der Waals surface area contributed by atoms with Crippen LogP contribution in [0, 0.1) is 13.8 Å². The molecule has 0 aliphatic rings. The maximum absolute atomic E-state index is 12.7. The van der Waals surface area contributed by atoms with E-state index < -0.39 is 0 Å². The second-order valence-electron chi connectivity index (χ2n) is 5.43. The SMILES string of the molecule is Cc1nc(C)c(Cn2cnc3c(nnn3-c3ccccc3)c2=O)s1. The molecule has 0 spiro atoms. The number of benzene rings is 1. The molecular weight excluding hydrogens is 324 g/mol. The van der Waals surface area contributed by atoms with Crippen molar-refractivity contribution in [2.45, 2.75) is 20.4 Å². The van der Waals surface area contributed by atoms with Crippen molar-refractivity contribution in [3.8, 4) is 5.69 Å². The first-order valence-corrected chi connectivity index (χ1v) is 8.24. The summed E-state index contributed by atoms with van der Waals surface area (Å²) < 4.78 is 3.12. The average Bonchev–Trinajstić information content (AvgIpc) is 3.14. The first kappa shape index (κ1) is 14.7. The second-order valence-corrected chi connectivity index (χ2v) is 6.72. The van der Waals surface area contributed by atoms with E-state index in [4.69, 9.17) is 0 Å². The number of aryl methyl sites for hydroxylation is 2. The smallest absolute Gasteiger partial charge is 0.283 e. The molecule has 0 saturated carbocycles. The number of hydrogen-bond acceptors (Lipinski definition) is 6. The molecule has 0 amide bonds. The average molecular weight is 338 g/mol. The number of hydrogen-bond donors (Lipinski definition) is 0. The zero-order valence-electron chi connectivity index (χ0n) is 13.2. The lowest BCUT2D eigenvalue weighted by molar-refractivity contribution is 0.749. The maximum atomic E-state index is 12.7. The number of rotatable bonds is 3. The van der Waals surface area contributed by atoms with Gasteiger partial charge in [0.05, 0.1) is 22.9 Å². The van der Waals surface area contributed by atoms with Gasteiger partial charge in [0.2, 0.25) is 0 Å². The molecule has 8 heteroatoms. The van der Waals surface area contributed by atoms with Gasteiger partial charge in [0.15, 0.2) is 11.2 Å². The number of fused-ring (bicyclic) bond motifs is 1. The van der Waals surface area contributed by atoms with E-state index in [1.807, 2.05) is 44.2 Å². The number of nitrogens with zero attached hydrogens (tertiary/aromatic N) is 6. The lowest BCUT2D eigenvalue weighted by Crippen LogP contribution is -2.21. The van der Waals surface area contributed by atoms with Crippen LogP contribution < -0.4 is 5.56 Å². The standard InChI is InChI=1S/C16H14N6OS/c1-10-13(24-11(2)18-10)8-21-9-17-15-14(16(21)23)19-20-22(15)12-6-4-3-5-7-12/h3-7,9H,8H2,1-2H3. The first-order chi connectivity index (χ1) is 11.6. The van der Waals surface area contributed by atoms with Gasteiger partial charge >= 0.3 is 0 Å². The Morgan fingerprint density at radius 1 is 1.17 bits per heavy atom. The zero-order chi connectivity index (χ0) is 16.7. The molecule has 0 aliphatic carbocycles. The van der Waals surface area contributed by atoms with E-state index in [1.54, 1.807) is 26.9 Å². The molecule has 4 rings (SSSR count). The van der Waals surface area contributed by atoms with Gasteiger partial charge in [-0.15, -0.1) is 16.4 Å². The van der Waals surface area contributed by atoms with Gasteiger partial charge in [-0.2, -0.15) is 4.68 Å². The fraction of sp³-hybridized carbons (Fsp3) is 0.188. The highest BCUT2D eigenvalue weighted by molar-refractivity contribution is 7.11. The fourth-order valence-electron chi connectivity index (χ4n) is 2.57. The van der Waals surface area contributed by atoms with Crippen LogP contribution >= 0.6 is 11.3 Å². The van der Waals surface area contributed by atoms with Crippen molar-refractivity contribution in [2.24, 2.45) is 0 Å². The van der Waals surface area contributed by atoms with E-state index in [1.165, 1.54) is 0 Å². The quantitative estimate of drug-likeness (QED) is 0.571. The van der Waals surface area contributed by atoms with Crippen LogP contribution in [-0.2, 0) is 6.54 Å². The van der Waals surface area contributed by atoms with Crippen LogP contribution in [0.5, 0.6) is 0 Å². The molecule has 0 unspecified atom stereocenters. The third-order valence-corrected chi connectivity index (χ3v) is 4.80. The van der Waals surface area contributed by atoms with Crippen molar-refractivity contribution >= 4 is 22.5 Å². The Labute approximate surface area is 141 Å². The van der Waals surface area contributed by atoms with Gasteiger partial charge in [-0.25, -0.2) is 9.97 Å². The topological polar surface area (TPSA) is 78.5 Å². The van der Waals surface area contributed by atoms with Gasteiger partial charge < -0.3 is 0 Å². The summed E-state index contributed by atoms with van der Waals surface area (Å²) in [5, 5.41) is 9.09. The minimum Gasteiger partial charge on any atom is -0.292 e. The molecular formula is C16H14N6OS. The lowest BCUT2D eigenvalue weighted by Gasteiger charge is -2.04. The molecule has 0 aliphatic heterocycles. The molecule has 24 heavy (non-hydrogen) atoms. The van der Waals surface area contributed by atoms with Crippen molar-refractivity contribution in [3.63, 3.8) is 0 Å². The Bertz CT molecular complexity index is 1080. The summed E-state index contributed by atoms with van der Waals surface area (Å²) >= 11 is 1.59. The molecule has 120 valence electrons. The molecule has 0 radical (unpaired) electrons. The lowest BCUT2D eigenvalue weighted by atomic mass is 10.3. The third kappa shape index (κ3) is 2.41. The van der Waals surface area contributed by atoms with Crippen LogP contribution in [0.2, 0.25) is 0 Å². The van der Waals surface area contributed by atoms with Gasteiger partial charge in [0.1, 0.15) is 6.33 Å². The molecule has 0 atom stereocenters. The minimum absolute atomic E-state index is 0.201. The monoisotopic (exact) mass is 338 g/mol. The molecule has 3 aromatic heterocycles. The first-order valence-electron chi connectivity index (χ1n) is 7.42. The van der Waals surface area contributed by atoms with E-state index in [2.05, 4.69) is 20.3 Å². The highest BCUT2D eigenvalue weighted by Gasteiger charge is 2.14. The summed E-state index contributed by atoms with van der Waals surface area (Å²) in [5.74, 6) is 0. The predicted octanol–water partition coefficient (Wildman–Crippen LogP) is 2.10. The predicted molar refractivity (Wildman–Crippen MR) is 91.6 cm³/mol. The highest BCUT2D eigenvalue weighted by atomic mass is 32.1. The van der Waals surface area contributed by atoms with Gasteiger partial charge in [-0.1, -0.05) is 23.4 Å². The summed E-state index contributed by atoms with van der Waals surface area (Å²) in [6, 6.07) is 9.51. The van der Waals surface area contributed by atoms with Crippen molar-refractivity contribution in [3.05, 3.63) is 62.6 Å². The van der Waals surface area contributed by atoms with E-state index in [9.17, 15) is 4.79 Å². The Kier molecular flexibility index (Phi) is 3.46. The Morgan fingerprint density at radius 3 is 2.67 bits per heavy atom. The summed E-state index contributed by atoms with van der Waals surface area (Å²) in [4.78, 5) is 22.5. The summed E-state index contributed by atoms with van der Waals surface area (Å²) in [6.07, 6.45) is 1.54. The van der Waals surface area contributed by atoms with Crippen molar-refractivity contribution in [2.75, 3.05) is 0 Å². The number of para-hydroxylation sites is 1. The summed E-state index contributed by atoms with van der Waals surface area (Å²) in [5.41, 5.74) is 2.28. The van der Waals surface area contributed by atoms with Gasteiger partial charge in [0, 0.05) is 4.88 Å². The summed E-state index contributed by atoms with van der Waals surface area (Å²) in [7, 11) is 0. The molecule has 0 fully saturated rings. The van der Waals surface area contributed by atoms with Crippen molar-refractivity contribution in [1.82, 2.24) is 29.5 Å². The molecule has 3 heterocycles. The highest BCUT2D eigenvalue weighted by Crippen LogP contribution is 2.18. The van der Waals surface area contributed by atoms with E-state index in [0.717, 1.165) is 21.3 Å². The zero-order valence-corrected chi connectivity index (χ0v) is 14.0. The van der Waals surface area contributed by atoms with E-state index >= 15 is 0 Å². The molecule has 1 aromatic carbocycles. The van der Waals surface area contributed by atoms with E-state index in [0.29, 0.717) is 12.2 Å². The molecule has 7 nitrogen and oxygen atoms in total. The van der Waals surface area contributed by atoms with Gasteiger partial charge in [0.25, 0.3) is 5.56 Å². The van der Waals surface area contributed by atoms with Crippen LogP contribution in [0.1, 0.15) is 15.6 Å². The molecule has 0 saturated heterocycles. The van der Waals surface area contributed by atoms with Crippen LogP contribution in [-0.4, -0.2) is 29.5 Å². The van der Waals surface area contributed by atoms with E-state index in [-0.39, 0.29) is 11.1 Å². The minimum atomic E-state index is -0.201. The fourth-order valence-corrected chi connectivity index (χ4v) is 3.51. The maximum Gasteiger partial charge on any atom is 0.283 e. The Morgan fingerprint density at radius 2 is 1.96 bits per heavy atom. The molecule has 0 N–H and O–H groups in total. The largest absolute Gasteiger partial charge is 0.292 e. The normalized spacial score (nSPS) is 11.2. The Hall–Kier alpha value is -2.87. The number of aromatic nitrogens is 6. The summed E-state index contributed by atoms with van der Waals surface area (Å²) in [6.45, 7) is 4.34. The van der Waals surface area contributed by atoms with Gasteiger partial charge in [-0.05, 0) is 26.0 Å². The third-order valence-electron chi connectivity index (χ3n) is 3.74. The molecule has 0 bridgehead atoms. The Balaban J connectivity index is 1.80.